The molecule has 0 aromatic rings. The van der Waals surface area contributed by atoms with Gasteiger partial charge in [-0.1, -0.05) is 0 Å². The number of nitrogens with zero attached hydrogens (tertiary/aromatic N) is 1. The molecule has 62 valence electrons. The summed E-state index contributed by atoms with van der Waals surface area (Å²) in [5, 5.41) is 10.5. The van der Waals surface area contributed by atoms with Crippen molar-refractivity contribution in [3.63, 3.8) is 0 Å². The molecule has 0 rings (SSSR count). The SMILES string of the molecule is N#CCNC(=O)CCCCCl. The van der Waals surface area contributed by atoms with Crippen molar-refractivity contribution in [1.82, 2.24) is 5.32 Å². The first-order valence-corrected chi connectivity index (χ1v) is 4.04. The van der Waals surface area contributed by atoms with Crippen LogP contribution in [-0.2, 0) is 4.79 Å². The second kappa shape index (κ2) is 7.36. The van der Waals surface area contributed by atoms with Crippen molar-refractivity contribution in [2.45, 2.75) is 19.3 Å². The van der Waals surface area contributed by atoms with Crippen LogP contribution in [0.4, 0.5) is 0 Å². The molecule has 1 N–H and O–H groups in total. The number of nitriles is 1. The first kappa shape index (κ1) is 10.2. The van der Waals surface area contributed by atoms with Gasteiger partial charge in [-0.2, -0.15) is 5.26 Å². The minimum Gasteiger partial charge on any atom is -0.343 e. The van der Waals surface area contributed by atoms with Crippen LogP contribution < -0.4 is 5.32 Å². The van der Waals surface area contributed by atoms with Gasteiger partial charge in [0.25, 0.3) is 0 Å². The average Bonchev–Trinajstić information content (AvgIpc) is 2.01. The van der Waals surface area contributed by atoms with Gasteiger partial charge in [0.1, 0.15) is 6.54 Å². The highest BCUT2D eigenvalue weighted by atomic mass is 35.5. The van der Waals surface area contributed by atoms with E-state index in [2.05, 4.69) is 5.32 Å². The van der Waals surface area contributed by atoms with Crippen LogP contribution in [0.2, 0.25) is 0 Å². The molecule has 0 unspecified atom stereocenters. The van der Waals surface area contributed by atoms with E-state index < -0.39 is 0 Å². The first-order valence-electron chi connectivity index (χ1n) is 3.51. The Morgan fingerprint density at radius 2 is 2.27 bits per heavy atom. The maximum atomic E-state index is 10.8. The predicted octanol–water partition coefficient (Wildman–Crippen LogP) is 1.04. The minimum absolute atomic E-state index is 0.0725. The standard InChI is InChI=1S/C7H11ClN2O/c8-4-2-1-3-7(11)10-6-5-9/h1-4,6H2,(H,10,11). The molecule has 3 nitrogen and oxygen atoms in total. The molecular formula is C7H11ClN2O. The Kier molecular flexibility index (Phi) is 6.86. The smallest absolute Gasteiger partial charge is 0.220 e. The summed E-state index contributed by atoms with van der Waals surface area (Å²) in [6.07, 6.45) is 2.11. The van der Waals surface area contributed by atoms with E-state index in [1.807, 2.05) is 6.07 Å². The molecule has 0 saturated heterocycles. The van der Waals surface area contributed by atoms with E-state index in [1.54, 1.807) is 0 Å². The zero-order valence-electron chi connectivity index (χ0n) is 6.27. The fourth-order valence-corrected chi connectivity index (χ4v) is 0.796. The molecule has 0 saturated carbocycles. The minimum atomic E-state index is -0.0725. The summed E-state index contributed by atoms with van der Waals surface area (Å²) < 4.78 is 0. The van der Waals surface area contributed by atoms with Crippen LogP contribution in [0.1, 0.15) is 19.3 Å². The highest BCUT2D eigenvalue weighted by Crippen LogP contribution is 1.96. The molecule has 0 fully saturated rings. The van der Waals surface area contributed by atoms with Gasteiger partial charge in [0, 0.05) is 12.3 Å². The lowest BCUT2D eigenvalue weighted by molar-refractivity contribution is -0.120. The Labute approximate surface area is 71.3 Å². The zero-order chi connectivity index (χ0) is 8.53. The lowest BCUT2D eigenvalue weighted by Crippen LogP contribution is -2.22. The van der Waals surface area contributed by atoms with Gasteiger partial charge in [-0.15, -0.1) is 11.6 Å². The second-order valence-electron chi connectivity index (χ2n) is 2.08. The average molecular weight is 175 g/mol. The van der Waals surface area contributed by atoms with E-state index in [9.17, 15) is 4.79 Å². The van der Waals surface area contributed by atoms with Crippen LogP contribution in [0.3, 0.4) is 0 Å². The Morgan fingerprint density at radius 1 is 1.55 bits per heavy atom. The molecule has 0 heterocycles. The molecule has 11 heavy (non-hydrogen) atoms. The number of halogens is 1. The van der Waals surface area contributed by atoms with Crippen molar-refractivity contribution < 1.29 is 4.79 Å². The fourth-order valence-electron chi connectivity index (χ4n) is 0.607. The molecule has 0 aromatic heterocycles. The monoisotopic (exact) mass is 174 g/mol. The number of carbonyl (C=O) groups is 1. The van der Waals surface area contributed by atoms with Crippen LogP contribution in [-0.4, -0.2) is 18.3 Å². The second-order valence-corrected chi connectivity index (χ2v) is 2.46. The van der Waals surface area contributed by atoms with Gasteiger partial charge in [-0.05, 0) is 12.8 Å². The largest absolute Gasteiger partial charge is 0.343 e. The number of unbranched alkanes of at least 4 members (excludes halogenated alkanes) is 1. The topological polar surface area (TPSA) is 52.9 Å². The molecule has 0 aliphatic carbocycles. The van der Waals surface area contributed by atoms with E-state index in [1.165, 1.54) is 0 Å². The van der Waals surface area contributed by atoms with Gasteiger partial charge < -0.3 is 5.32 Å². The molecule has 0 atom stereocenters. The lowest BCUT2D eigenvalue weighted by Gasteiger charge is -1.98. The summed E-state index contributed by atoms with van der Waals surface area (Å²) in [6.45, 7) is 0.0969. The van der Waals surface area contributed by atoms with E-state index in [-0.39, 0.29) is 12.5 Å². The highest BCUT2D eigenvalue weighted by molar-refractivity contribution is 6.17. The molecule has 0 spiro atoms. The van der Waals surface area contributed by atoms with Crippen molar-refractivity contribution in [2.75, 3.05) is 12.4 Å². The first-order chi connectivity index (χ1) is 5.31. The number of rotatable bonds is 5. The van der Waals surface area contributed by atoms with Crippen molar-refractivity contribution in [1.29, 1.82) is 5.26 Å². The van der Waals surface area contributed by atoms with Gasteiger partial charge in [-0.3, -0.25) is 4.79 Å². The maximum Gasteiger partial charge on any atom is 0.220 e. The van der Waals surface area contributed by atoms with Crippen molar-refractivity contribution in [3.8, 4) is 6.07 Å². The molecule has 4 heteroatoms. The number of hydrogen-bond donors (Lipinski definition) is 1. The van der Waals surface area contributed by atoms with Crippen LogP contribution in [0, 0.1) is 11.3 Å². The van der Waals surface area contributed by atoms with Gasteiger partial charge in [-0.25, -0.2) is 0 Å². The third-order valence-electron chi connectivity index (χ3n) is 1.15. The number of alkyl halides is 1. The van der Waals surface area contributed by atoms with Gasteiger partial charge >= 0.3 is 0 Å². The third-order valence-corrected chi connectivity index (χ3v) is 1.42. The summed E-state index contributed by atoms with van der Waals surface area (Å²) >= 11 is 5.41. The van der Waals surface area contributed by atoms with Crippen molar-refractivity contribution in [3.05, 3.63) is 0 Å². The van der Waals surface area contributed by atoms with Gasteiger partial charge in [0.15, 0.2) is 0 Å². The van der Waals surface area contributed by atoms with E-state index in [0.717, 1.165) is 12.8 Å². The zero-order valence-corrected chi connectivity index (χ0v) is 7.02. The molecule has 0 aromatic carbocycles. The fraction of sp³-hybridized carbons (Fsp3) is 0.714. The molecule has 0 aliphatic heterocycles. The number of nitrogens with one attached hydrogen (secondary N) is 1. The molecule has 1 amide bonds. The van der Waals surface area contributed by atoms with Crippen molar-refractivity contribution >= 4 is 17.5 Å². The Morgan fingerprint density at radius 3 is 2.82 bits per heavy atom. The quantitative estimate of drug-likeness (QED) is 0.385. The Hall–Kier alpha value is -0.750. The Bertz CT molecular complexity index is 153. The summed E-state index contributed by atoms with van der Waals surface area (Å²) in [4.78, 5) is 10.8. The summed E-state index contributed by atoms with van der Waals surface area (Å²) in [6, 6.07) is 1.83. The van der Waals surface area contributed by atoms with E-state index >= 15 is 0 Å². The highest BCUT2D eigenvalue weighted by Gasteiger charge is 1.97. The number of carbonyl (C=O) groups excluding carboxylic acids is 1. The summed E-state index contributed by atoms with van der Waals surface area (Å²) in [7, 11) is 0. The van der Waals surface area contributed by atoms with Crippen LogP contribution in [0.15, 0.2) is 0 Å². The third kappa shape index (κ3) is 7.14. The molecule has 0 aliphatic rings. The maximum absolute atomic E-state index is 10.8. The van der Waals surface area contributed by atoms with Crippen LogP contribution in [0.5, 0.6) is 0 Å². The predicted molar refractivity (Wildman–Crippen MR) is 43.2 cm³/mol. The van der Waals surface area contributed by atoms with Crippen molar-refractivity contribution in [2.24, 2.45) is 0 Å². The van der Waals surface area contributed by atoms with E-state index in [4.69, 9.17) is 16.9 Å². The molecule has 0 bridgehead atoms. The summed E-state index contributed by atoms with van der Waals surface area (Å²) in [5.74, 6) is 0.516. The molecular weight excluding hydrogens is 164 g/mol. The van der Waals surface area contributed by atoms with Crippen LogP contribution >= 0.6 is 11.6 Å². The number of hydrogen-bond acceptors (Lipinski definition) is 2. The number of amides is 1. The van der Waals surface area contributed by atoms with Crippen LogP contribution in [0.25, 0.3) is 0 Å². The normalized spacial score (nSPS) is 8.73. The summed E-state index contributed by atoms with van der Waals surface area (Å²) in [5.41, 5.74) is 0. The lowest BCUT2D eigenvalue weighted by atomic mass is 10.2. The van der Waals surface area contributed by atoms with Gasteiger partial charge in [0.2, 0.25) is 5.91 Å². The van der Waals surface area contributed by atoms with E-state index in [0.29, 0.717) is 12.3 Å². The van der Waals surface area contributed by atoms with Gasteiger partial charge in [0.05, 0.1) is 6.07 Å². The molecule has 0 radical (unpaired) electrons. The Balaban J connectivity index is 3.17.